The zero-order valence-electron chi connectivity index (χ0n) is 27.4. The van der Waals surface area contributed by atoms with E-state index in [-0.39, 0.29) is 5.91 Å². The normalized spacial score (nSPS) is 20.2. The molecular formula is C38H39Cl2N5O4. The number of nitrogens with zero attached hydrogens (tertiary/aromatic N) is 2. The van der Waals surface area contributed by atoms with Crippen molar-refractivity contribution in [2.24, 2.45) is 10.8 Å². The quantitative estimate of drug-likeness (QED) is 0.155. The number of hydrogen-bond acceptors (Lipinski definition) is 8. The number of amides is 1. The molecule has 0 atom stereocenters. The van der Waals surface area contributed by atoms with Crippen molar-refractivity contribution >= 4 is 34.8 Å². The van der Waals surface area contributed by atoms with Gasteiger partial charge in [0.05, 0.1) is 55.0 Å². The monoisotopic (exact) mass is 699 g/mol. The molecular weight excluding hydrogens is 661 g/mol. The van der Waals surface area contributed by atoms with Crippen LogP contribution in [0, 0.1) is 10.8 Å². The molecule has 8 rings (SSSR count). The van der Waals surface area contributed by atoms with Gasteiger partial charge in [-0.3, -0.25) is 14.8 Å². The van der Waals surface area contributed by atoms with Gasteiger partial charge in [-0.15, -0.1) is 0 Å². The van der Waals surface area contributed by atoms with E-state index in [0.29, 0.717) is 74.3 Å². The number of methoxy groups -OCH3 is 1. The molecule has 254 valence electrons. The van der Waals surface area contributed by atoms with Crippen LogP contribution in [0.2, 0.25) is 10.0 Å². The number of rotatable bonds is 11. The Bertz CT molecular complexity index is 1860. The first-order valence-corrected chi connectivity index (χ1v) is 17.6. The van der Waals surface area contributed by atoms with Crippen LogP contribution in [-0.2, 0) is 22.6 Å². The van der Waals surface area contributed by atoms with Crippen LogP contribution in [0.5, 0.6) is 5.75 Å². The number of aromatic nitrogens is 2. The number of anilines is 1. The van der Waals surface area contributed by atoms with Gasteiger partial charge in [-0.1, -0.05) is 53.5 Å². The molecule has 2 saturated heterocycles. The van der Waals surface area contributed by atoms with E-state index >= 15 is 0 Å². The first kappa shape index (κ1) is 32.6. The standard InChI is InChI=1S/C38H39Cl2N5O4/c1-47-32-11-24(6-7-25(32)18-43-27-14-38(15-27)21-49-22-38)35-34(40)29(9-10-41-35)28-3-2-4-30(33(28)39)45-36(46)31-8-5-23(17-44-31)16-42-26-12-37(13-26)19-48-20-37/h2-11,17,26-27,42-43H,12-16,18-22H2,1H3,(H,45,46). The molecule has 0 radical (unpaired) electrons. The molecule has 0 unspecified atom stereocenters. The summed E-state index contributed by atoms with van der Waals surface area (Å²) in [6.45, 7) is 4.99. The van der Waals surface area contributed by atoms with Crippen molar-refractivity contribution in [3.05, 3.63) is 93.9 Å². The summed E-state index contributed by atoms with van der Waals surface area (Å²) in [6.07, 6.45) is 8.09. The number of pyridine rings is 2. The molecule has 0 bridgehead atoms. The Morgan fingerprint density at radius 3 is 2.18 bits per heavy atom. The van der Waals surface area contributed by atoms with E-state index in [2.05, 4.69) is 32.0 Å². The van der Waals surface area contributed by atoms with Crippen molar-refractivity contribution in [2.75, 3.05) is 38.9 Å². The van der Waals surface area contributed by atoms with E-state index in [9.17, 15) is 4.79 Å². The predicted molar refractivity (Wildman–Crippen MR) is 190 cm³/mol. The summed E-state index contributed by atoms with van der Waals surface area (Å²) in [6, 6.07) is 18.0. The molecule has 2 aliphatic carbocycles. The second kappa shape index (κ2) is 13.3. The van der Waals surface area contributed by atoms with Gasteiger partial charge in [0.2, 0.25) is 0 Å². The lowest BCUT2D eigenvalue weighted by Gasteiger charge is -2.53. The molecule has 4 fully saturated rings. The number of halogens is 2. The smallest absolute Gasteiger partial charge is 0.274 e. The van der Waals surface area contributed by atoms with E-state index in [0.717, 1.165) is 74.6 Å². The number of nitrogens with one attached hydrogen (secondary N) is 3. The third-order valence-corrected chi connectivity index (χ3v) is 11.4. The van der Waals surface area contributed by atoms with Crippen LogP contribution in [0.15, 0.2) is 67.0 Å². The van der Waals surface area contributed by atoms with E-state index in [1.807, 2.05) is 36.4 Å². The number of carbonyl (C=O) groups excluding carboxylic acids is 1. The first-order chi connectivity index (χ1) is 23.8. The van der Waals surface area contributed by atoms with Crippen LogP contribution in [0.4, 0.5) is 5.69 Å². The third kappa shape index (κ3) is 6.44. The van der Waals surface area contributed by atoms with Crippen molar-refractivity contribution in [1.82, 2.24) is 20.6 Å². The average Bonchev–Trinajstić information content (AvgIpc) is 3.03. The van der Waals surface area contributed by atoms with Crippen molar-refractivity contribution in [2.45, 2.75) is 50.9 Å². The molecule has 9 nitrogen and oxygen atoms in total. The van der Waals surface area contributed by atoms with Crippen LogP contribution in [0.25, 0.3) is 22.4 Å². The number of benzene rings is 2. The third-order valence-electron chi connectivity index (χ3n) is 10.6. The molecule has 3 N–H and O–H groups in total. The van der Waals surface area contributed by atoms with Crippen molar-refractivity contribution in [1.29, 1.82) is 0 Å². The topological polar surface area (TPSA) is 107 Å². The van der Waals surface area contributed by atoms with Crippen LogP contribution in [0.1, 0.15) is 47.3 Å². The first-order valence-electron chi connectivity index (χ1n) is 16.8. The summed E-state index contributed by atoms with van der Waals surface area (Å²) < 4.78 is 16.5. The summed E-state index contributed by atoms with van der Waals surface area (Å²) in [5.74, 6) is 0.423. The molecule has 2 aromatic heterocycles. The fourth-order valence-corrected chi connectivity index (χ4v) is 8.20. The fraction of sp³-hybridized carbons (Fsp3) is 0.395. The minimum atomic E-state index is -0.346. The van der Waals surface area contributed by atoms with Crippen molar-refractivity contribution < 1.29 is 19.0 Å². The van der Waals surface area contributed by atoms with Gasteiger partial charge in [-0.05, 0) is 55.5 Å². The zero-order chi connectivity index (χ0) is 33.6. The summed E-state index contributed by atoms with van der Waals surface area (Å²) >= 11 is 13.9. The minimum absolute atomic E-state index is 0.306. The fourth-order valence-electron chi connectivity index (χ4n) is 7.61. The van der Waals surface area contributed by atoms with Gasteiger partial charge >= 0.3 is 0 Å². The lowest BCUT2D eigenvalue weighted by Crippen LogP contribution is -2.58. The number of hydrogen-bond donors (Lipinski definition) is 3. The largest absolute Gasteiger partial charge is 0.496 e. The highest BCUT2D eigenvalue weighted by Crippen LogP contribution is 2.48. The number of carbonyl (C=O) groups is 1. The SMILES string of the molecule is COc1cc(-c2nccc(-c3cccc(NC(=O)c4ccc(CNC5CC6(COC6)C5)cn4)c3Cl)c2Cl)ccc1CNC1CC2(COC2)C1. The molecule has 11 heteroatoms. The summed E-state index contributed by atoms with van der Waals surface area (Å²) in [5.41, 5.74) is 6.53. The Kier molecular flexibility index (Phi) is 8.84. The maximum Gasteiger partial charge on any atom is 0.274 e. The Labute approximate surface area is 296 Å². The molecule has 2 aliphatic heterocycles. The Morgan fingerprint density at radius 1 is 0.857 bits per heavy atom. The lowest BCUT2D eigenvalue weighted by atomic mass is 9.64. The summed E-state index contributed by atoms with van der Waals surface area (Å²) in [5, 5.41) is 11.0. The second-order valence-corrected chi connectivity index (χ2v) is 14.9. The van der Waals surface area contributed by atoms with Crippen LogP contribution < -0.4 is 20.7 Å². The molecule has 4 aromatic rings. The Hall–Kier alpha value is -3.57. The van der Waals surface area contributed by atoms with Gasteiger partial charge in [-0.2, -0.15) is 0 Å². The molecule has 4 aliphatic rings. The van der Waals surface area contributed by atoms with Gasteiger partial charge < -0.3 is 30.2 Å². The second-order valence-electron chi connectivity index (χ2n) is 14.2. The van der Waals surface area contributed by atoms with Gasteiger partial charge in [0.15, 0.2) is 0 Å². The van der Waals surface area contributed by atoms with E-state index < -0.39 is 0 Å². The zero-order valence-corrected chi connectivity index (χ0v) is 28.9. The predicted octanol–water partition coefficient (Wildman–Crippen LogP) is 6.92. The maximum atomic E-state index is 13.2. The highest BCUT2D eigenvalue weighted by Gasteiger charge is 2.50. The van der Waals surface area contributed by atoms with E-state index in [1.165, 1.54) is 0 Å². The van der Waals surface area contributed by atoms with Crippen LogP contribution in [0.3, 0.4) is 0 Å². The highest BCUT2D eigenvalue weighted by molar-refractivity contribution is 6.39. The average molecular weight is 701 g/mol. The van der Waals surface area contributed by atoms with Crippen LogP contribution in [-0.4, -0.2) is 61.5 Å². The lowest BCUT2D eigenvalue weighted by molar-refractivity contribution is -0.167. The van der Waals surface area contributed by atoms with E-state index in [4.69, 9.17) is 37.4 Å². The van der Waals surface area contributed by atoms with Gasteiger partial charge in [0.1, 0.15) is 11.4 Å². The maximum absolute atomic E-state index is 13.2. The summed E-state index contributed by atoms with van der Waals surface area (Å²) in [7, 11) is 1.68. The molecule has 2 saturated carbocycles. The molecule has 49 heavy (non-hydrogen) atoms. The van der Waals surface area contributed by atoms with Gasteiger partial charge in [0.25, 0.3) is 5.91 Å². The molecule has 2 spiro atoms. The van der Waals surface area contributed by atoms with Crippen molar-refractivity contribution in [3.8, 4) is 28.1 Å². The Balaban J connectivity index is 0.928. The molecule has 1 amide bonds. The molecule has 4 heterocycles. The Morgan fingerprint density at radius 2 is 1.55 bits per heavy atom. The van der Waals surface area contributed by atoms with Gasteiger partial charge in [-0.25, -0.2) is 0 Å². The summed E-state index contributed by atoms with van der Waals surface area (Å²) in [4.78, 5) is 22.2. The van der Waals surface area contributed by atoms with E-state index in [1.54, 1.807) is 31.6 Å². The van der Waals surface area contributed by atoms with Crippen molar-refractivity contribution in [3.63, 3.8) is 0 Å². The molecule has 2 aromatic carbocycles. The van der Waals surface area contributed by atoms with Gasteiger partial charge in [0, 0.05) is 70.7 Å². The minimum Gasteiger partial charge on any atom is -0.496 e. The highest BCUT2D eigenvalue weighted by atomic mass is 35.5. The number of ether oxygens (including phenoxy) is 3. The van der Waals surface area contributed by atoms with Crippen LogP contribution >= 0.6 is 23.2 Å².